The third-order valence-electron chi connectivity index (χ3n) is 12.6. The fraction of sp³-hybridized carbons (Fsp3) is 0.0545. The molecule has 56 heavy (non-hydrogen) atoms. The molecule has 1 aromatic heterocycles. The Hall–Kier alpha value is -6.54. The van der Waals surface area contributed by atoms with E-state index in [1.54, 1.807) is 0 Å². The second-order valence-electron chi connectivity index (χ2n) is 16.0. The third-order valence-corrected chi connectivity index (χ3v) is 13.8. The minimum absolute atomic E-state index is 0.110. The van der Waals surface area contributed by atoms with Crippen molar-refractivity contribution in [3.8, 4) is 44.5 Å². The summed E-state index contributed by atoms with van der Waals surface area (Å²) in [7, 11) is 0. The van der Waals surface area contributed by atoms with Crippen molar-refractivity contribution < 1.29 is 0 Å². The number of fused-ring (bicyclic) bond motifs is 12. The van der Waals surface area contributed by atoms with E-state index in [4.69, 9.17) is 0 Å². The van der Waals surface area contributed by atoms with E-state index in [9.17, 15) is 0 Å². The lowest BCUT2D eigenvalue weighted by molar-refractivity contribution is 0.661. The van der Waals surface area contributed by atoms with Gasteiger partial charge in [0.25, 0.3) is 0 Å². The van der Waals surface area contributed by atoms with E-state index in [1.165, 1.54) is 119 Å². The Labute approximate surface area is 329 Å². The molecule has 0 N–H and O–H groups in total. The summed E-state index contributed by atoms with van der Waals surface area (Å²) in [6, 6.07) is 68.1. The first kappa shape index (κ1) is 31.8. The molecule has 0 aliphatic heterocycles. The summed E-state index contributed by atoms with van der Waals surface area (Å²) < 4.78 is 2.75. The molecule has 1 heteroatoms. The Balaban J connectivity index is 0.984. The van der Waals surface area contributed by atoms with Crippen molar-refractivity contribution in [1.82, 2.24) is 0 Å². The smallest absolute Gasteiger partial charge is 0.0440 e. The quantitative estimate of drug-likeness (QED) is 0.159. The van der Waals surface area contributed by atoms with Gasteiger partial charge in [-0.3, -0.25) is 0 Å². The van der Waals surface area contributed by atoms with Crippen LogP contribution >= 0.6 is 11.3 Å². The van der Waals surface area contributed by atoms with Crippen molar-refractivity contribution in [1.29, 1.82) is 0 Å². The van der Waals surface area contributed by atoms with Crippen molar-refractivity contribution >= 4 is 74.6 Å². The van der Waals surface area contributed by atoms with Gasteiger partial charge < -0.3 is 0 Å². The highest BCUT2D eigenvalue weighted by molar-refractivity contribution is 7.26. The summed E-state index contributed by atoms with van der Waals surface area (Å²) in [4.78, 5) is 0. The van der Waals surface area contributed by atoms with Gasteiger partial charge in [-0.1, -0.05) is 172 Å². The van der Waals surface area contributed by atoms with Crippen LogP contribution in [-0.2, 0) is 5.41 Å². The van der Waals surface area contributed by atoms with Gasteiger partial charge in [-0.15, -0.1) is 11.3 Å². The summed E-state index contributed by atoms with van der Waals surface area (Å²) in [5.74, 6) is 0. The van der Waals surface area contributed by atoms with Crippen molar-refractivity contribution in [2.45, 2.75) is 19.3 Å². The first-order valence-electron chi connectivity index (χ1n) is 19.6. The number of thiophene rings is 1. The highest BCUT2D eigenvalue weighted by Crippen LogP contribution is 2.54. The van der Waals surface area contributed by atoms with E-state index in [0.29, 0.717) is 0 Å². The van der Waals surface area contributed by atoms with Gasteiger partial charge >= 0.3 is 0 Å². The van der Waals surface area contributed by atoms with Crippen molar-refractivity contribution in [2.24, 2.45) is 0 Å². The molecule has 0 saturated carbocycles. The van der Waals surface area contributed by atoms with E-state index in [0.717, 1.165) is 0 Å². The van der Waals surface area contributed by atoms with Crippen LogP contribution in [0.25, 0.3) is 108 Å². The van der Waals surface area contributed by atoms with Crippen molar-refractivity contribution in [3.63, 3.8) is 0 Å². The van der Waals surface area contributed by atoms with Crippen LogP contribution in [0.3, 0.4) is 0 Å². The van der Waals surface area contributed by atoms with Crippen LogP contribution in [-0.4, -0.2) is 0 Å². The third kappa shape index (κ3) is 4.47. The minimum Gasteiger partial charge on any atom is -0.135 e. The second-order valence-corrected chi connectivity index (χ2v) is 17.0. The average molecular weight is 729 g/mol. The predicted molar refractivity (Wildman–Crippen MR) is 243 cm³/mol. The van der Waals surface area contributed by atoms with Gasteiger partial charge in [0, 0.05) is 31.0 Å². The molecule has 1 heterocycles. The zero-order valence-corrected chi connectivity index (χ0v) is 32.0. The van der Waals surface area contributed by atoms with Gasteiger partial charge in [0.05, 0.1) is 0 Å². The Morgan fingerprint density at radius 1 is 0.357 bits per heavy atom. The number of hydrogen-bond donors (Lipinski definition) is 0. The topological polar surface area (TPSA) is 0 Å². The number of rotatable bonds is 3. The number of hydrogen-bond acceptors (Lipinski definition) is 1. The summed E-state index contributed by atoms with van der Waals surface area (Å²) >= 11 is 1.93. The van der Waals surface area contributed by atoms with Crippen LogP contribution in [0, 0.1) is 0 Å². The molecule has 11 aromatic rings. The Bertz CT molecular complexity index is 3380. The zero-order valence-electron chi connectivity index (χ0n) is 31.2. The lowest BCUT2D eigenvalue weighted by atomic mass is 9.81. The predicted octanol–water partition coefficient (Wildman–Crippen LogP) is 16.0. The largest absolute Gasteiger partial charge is 0.135 e. The molecule has 0 radical (unpaired) electrons. The van der Waals surface area contributed by atoms with E-state index in [-0.39, 0.29) is 5.41 Å². The molecular formula is C55H36S. The zero-order chi connectivity index (χ0) is 37.1. The Kier molecular flexibility index (Phi) is 6.66. The van der Waals surface area contributed by atoms with Crippen molar-refractivity contribution in [3.05, 3.63) is 193 Å². The lowest BCUT2D eigenvalue weighted by Gasteiger charge is -2.22. The molecule has 0 unspecified atom stereocenters. The van der Waals surface area contributed by atoms with Crippen LogP contribution < -0.4 is 0 Å². The van der Waals surface area contributed by atoms with Crippen molar-refractivity contribution in [2.75, 3.05) is 0 Å². The first-order valence-corrected chi connectivity index (χ1v) is 20.4. The fourth-order valence-corrected chi connectivity index (χ4v) is 11.2. The number of benzene rings is 10. The minimum atomic E-state index is -0.110. The molecule has 0 nitrogen and oxygen atoms in total. The van der Waals surface area contributed by atoms with Crippen LogP contribution in [0.1, 0.15) is 25.0 Å². The molecule has 0 atom stereocenters. The van der Waals surface area contributed by atoms with Crippen LogP contribution in [0.5, 0.6) is 0 Å². The molecular weight excluding hydrogens is 693 g/mol. The molecule has 1 aliphatic rings. The Morgan fingerprint density at radius 2 is 0.893 bits per heavy atom. The summed E-state index contributed by atoms with van der Waals surface area (Å²) in [5.41, 5.74) is 13.1. The molecule has 12 rings (SSSR count). The standard InChI is InChI=1S/C55H36S/c1-55(2)47-29-26-34-24-27-45-40-14-10-11-19-49(40)56-54(45)52(34)53(47)46-28-25-38(32-48(46)55)36-20-21-37-31-39(23-22-35(37)30-36)51-43-17-8-6-15-41(43)50(33-12-4-3-5-13-33)42-16-7-9-18-44(42)51/h3-32H,1-2H3. The first-order chi connectivity index (χ1) is 27.5. The SMILES string of the molecule is CC1(C)c2cc(-c3ccc4cc(-c5c6ccccc6c(-c6ccccc6)c6ccccc56)ccc4c3)ccc2-c2c1ccc1ccc3c4ccccc4sc3c21. The molecule has 0 amide bonds. The van der Waals surface area contributed by atoms with Crippen LogP contribution in [0.15, 0.2) is 182 Å². The second kappa shape index (κ2) is 11.7. The van der Waals surface area contributed by atoms with E-state index in [2.05, 4.69) is 196 Å². The Morgan fingerprint density at radius 3 is 1.61 bits per heavy atom. The molecule has 0 saturated heterocycles. The maximum atomic E-state index is 2.47. The van der Waals surface area contributed by atoms with E-state index < -0.39 is 0 Å². The monoisotopic (exact) mass is 728 g/mol. The van der Waals surface area contributed by atoms with Gasteiger partial charge in [0.1, 0.15) is 0 Å². The molecule has 0 spiro atoms. The molecule has 1 aliphatic carbocycles. The summed E-state index contributed by atoms with van der Waals surface area (Å²) in [6.45, 7) is 4.81. The fourth-order valence-electron chi connectivity index (χ4n) is 9.93. The molecule has 0 bridgehead atoms. The summed E-state index contributed by atoms with van der Waals surface area (Å²) in [6.07, 6.45) is 0. The molecule has 262 valence electrons. The summed E-state index contributed by atoms with van der Waals surface area (Å²) in [5, 5.41) is 13.1. The van der Waals surface area contributed by atoms with Crippen LogP contribution in [0.2, 0.25) is 0 Å². The van der Waals surface area contributed by atoms with Gasteiger partial charge in [-0.05, 0) is 118 Å². The van der Waals surface area contributed by atoms with Crippen LogP contribution in [0.4, 0.5) is 0 Å². The van der Waals surface area contributed by atoms with Gasteiger partial charge in [-0.25, -0.2) is 0 Å². The maximum absolute atomic E-state index is 2.47. The van der Waals surface area contributed by atoms with Gasteiger partial charge in [0.2, 0.25) is 0 Å². The lowest BCUT2D eigenvalue weighted by Crippen LogP contribution is -2.15. The molecule has 10 aromatic carbocycles. The normalized spacial score (nSPS) is 13.3. The van der Waals surface area contributed by atoms with E-state index in [1.807, 2.05) is 11.3 Å². The highest BCUT2D eigenvalue weighted by atomic mass is 32.1. The molecule has 0 fully saturated rings. The average Bonchev–Trinajstić information content (AvgIpc) is 3.74. The van der Waals surface area contributed by atoms with Gasteiger partial charge in [-0.2, -0.15) is 0 Å². The van der Waals surface area contributed by atoms with Gasteiger partial charge in [0.15, 0.2) is 0 Å². The highest BCUT2D eigenvalue weighted by Gasteiger charge is 2.37. The van der Waals surface area contributed by atoms with E-state index >= 15 is 0 Å². The maximum Gasteiger partial charge on any atom is 0.0440 e.